The third kappa shape index (κ3) is 4.05. The van der Waals surface area contributed by atoms with E-state index in [2.05, 4.69) is 22.4 Å². The maximum absolute atomic E-state index is 13.5. The fraction of sp³-hybridized carbons (Fsp3) is 0.154. The molecule has 0 radical (unpaired) electrons. The van der Waals surface area contributed by atoms with Crippen molar-refractivity contribution in [1.29, 1.82) is 0 Å². The summed E-state index contributed by atoms with van der Waals surface area (Å²) in [4.78, 5) is 15.4. The number of aromatic nitrogens is 1. The molecule has 1 amide bonds. The van der Waals surface area contributed by atoms with Crippen LogP contribution in [0.2, 0.25) is 0 Å². The zero-order valence-corrected chi connectivity index (χ0v) is 17.3. The van der Waals surface area contributed by atoms with Crippen LogP contribution in [0.4, 0.5) is 4.39 Å². The molecule has 0 bridgehead atoms. The minimum absolute atomic E-state index is 0.176. The molecule has 1 unspecified atom stereocenters. The summed E-state index contributed by atoms with van der Waals surface area (Å²) in [6, 6.07) is 20.6. The molecule has 160 valence electrons. The lowest BCUT2D eigenvalue weighted by Crippen LogP contribution is -2.29. The highest BCUT2D eigenvalue weighted by Crippen LogP contribution is 2.31. The lowest BCUT2D eigenvalue weighted by molar-refractivity contribution is 0.1000. The SMILES string of the molecule is NC(=O)c1ccc(Oc2cccc3c(CNC4Cc5ccc(F)cc5C4)cccc23)nc1. The van der Waals surface area contributed by atoms with E-state index in [0.717, 1.165) is 34.7 Å². The number of fused-ring (bicyclic) bond motifs is 2. The monoisotopic (exact) mass is 427 g/mol. The van der Waals surface area contributed by atoms with Gasteiger partial charge in [0.2, 0.25) is 11.8 Å². The van der Waals surface area contributed by atoms with Crippen molar-refractivity contribution in [1.82, 2.24) is 10.3 Å². The van der Waals surface area contributed by atoms with E-state index >= 15 is 0 Å². The molecule has 5 nitrogen and oxygen atoms in total. The first-order chi connectivity index (χ1) is 15.6. The third-order valence-corrected chi connectivity index (χ3v) is 5.89. The van der Waals surface area contributed by atoms with Gasteiger partial charge in [-0.2, -0.15) is 0 Å². The molecule has 1 aromatic heterocycles. The van der Waals surface area contributed by atoms with Crippen LogP contribution in [0.5, 0.6) is 11.6 Å². The number of carbonyl (C=O) groups is 1. The largest absolute Gasteiger partial charge is 0.438 e. The first kappa shape index (κ1) is 20.2. The number of halogens is 1. The number of rotatable bonds is 6. The summed E-state index contributed by atoms with van der Waals surface area (Å²) < 4.78 is 19.5. The van der Waals surface area contributed by atoms with Crippen LogP contribution in [0.25, 0.3) is 10.8 Å². The standard InChI is InChI=1S/C26H22FN3O2/c27-20-9-7-16-12-21(13-19(16)11-20)29-14-17-3-1-5-23-22(17)4-2-6-24(23)32-25-10-8-18(15-30-25)26(28)31/h1-11,15,21,29H,12-14H2,(H2,28,31). The molecule has 0 spiro atoms. The molecule has 0 fully saturated rings. The Kier molecular flexibility index (Phi) is 5.29. The summed E-state index contributed by atoms with van der Waals surface area (Å²) in [5.74, 6) is 0.376. The van der Waals surface area contributed by atoms with Crippen LogP contribution in [0.3, 0.4) is 0 Å². The van der Waals surface area contributed by atoms with Crippen LogP contribution in [-0.2, 0) is 19.4 Å². The lowest BCUT2D eigenvalue weighted by atomic mass is 10.0. The Bertz CT molecular complexity index is 1300. The van der Waals surface area contributed by atoms with Gasteiger partial charge in [-0.05, 0) is 59.2 Å². The zero-order valence-electron chi connectivity index (χ0n) is 17.3. The molecule has 1 atom stereocenters. The molecular weight excluding hydrogens is 405 g/mol. The highest BCUT2D eigenvalue weighted by Gasteiger charge is 2.21. The number of hydrogen-bond acceptors (Lipinski definition) is 4. The normalized spacial score (nSPS) is 15.0. The smallest absolute Gasteiger partial charge is 0.250 e. The third-order valence-electron chi connectivity index (χ3n) is 5.89. The van der Waals surface area contributed by atoms with E-state index in [-0.39, 0.29) is 11.9 Å². The van der Waals surface area contributed by atoms with E-state index in [1.165, 1.54) is 17.8 Å². The summed E-state index contributed by atoms with van der Waals surface area (Å²) in [5, 5.41) is 5.69. The van der Waals surface area contributed by atoms with Gasteiger partial charge in [0.15, 0.2) is 0 Å². The van der Waals surface area contributed by atoms with Crippen LogP contribution in [0.1, 0.15) is 27.0 Å². The van der Waals surface area contributed by atoms with Gasteiger partial charge in [0.25, 0.3) is 0 Å². The van der Waals surface area contributed by atoms with Crippen LogP contribution in [0.15, 0.2) is 72.9 Å². The second-order valence-corrected chi connectivity index (χ2v) is 8.02. The highest BCUT2D eigenvalue weighted by atomic mass is 19.1. The van der Waals surface area contributed by atoms with Crippen LogP contribution in [-0.4, -0.2) is 16.9 Å². The number of ether oxygens (including phenoxy) is 1. The van der Waals surface area contributed by atoms with Gasteiger partial charge in [-0.3, -0.25) is 4.79 Å². The number of nitrogens with two attached hydrogens (primary N) is 1. The van der Waals surface area contributed by atoms with E-state index in [0.29, 0.717) is 23.7 Å². The molecular formula is C26H22FN3O2. The van der Waals surface area contributed by atoms with Gasteiger partial charge in [0.05, 0.1) is 5.56 Å². The fourth-order valence-corrected chi connectivity index (χ4v) is 4.27. The number of nitrogens with zero attached hydrogens (tertiary/aromatic N) is 1. The number of amides is 1. The first-order valence-electron chi connectivity index (χ1n) is 10.5. The predicted molar refractivity (Wildman–Crippen MR) is 121 cm³/mol. The highest BCUT2D eigenvalue weighted by molar-refractivity contribution is 5.92. The van der Waals surface area contributed by atoms with Crippen molar-refractivity contribution < 1.29 is 13.9 Å². The number of carbonyl (C=O) groups excluding carboxylic acids is 1. The molecule has 1 aliphatic carbocycles. The summed E-state index contributed by atoms with van der Waals surface area (Å²) in [7, 11) is 0. The van der Waals surface area contributed by atoms with Gasteiger partial charge in [0.1, 0.15) is 11.6 Å². The molecule has 0 saturated carbocycles. The van der Waals surface area contributed by atoms with Crippen molar-refractivity contribution in [2.45, 2.75) is 25.4 Å². The molecule has 6 heteroatoms. The van der Waals surface area contributed by atoms with Gasteiger partial charge in [0, 0.05) is 30.2 Å². The second kappa shape index (κ2) is 8.40. The minimum atomic E-state index is -0.526. The van der Waals surface area contributed by atoms with Gasteiger partial charge < -0.3 is 15.8 Å². The van der Waals surface area contributed by atoms with Crippen molar-refractivity contribution in [3.63, 3.8) is 0 Å². The van der Waals surface area contributed by atoms with Gasteiger partial charge in [-0.15, -0.1) is 0 Å². The minimum Gasteiger partial charge on any atom is -0.438 e. The summed E-state index contributed by atoms with van der Waals surface area (Å²) in [6.07, 6.45) is 3.14. The van der Waals surface area contributed by atoms with Crippen LogP contribution < -0.4 is 15.8 Å². The maximum atomic E-state index is 13.5. The molecule has 4 aromatic rings. The van der Waals surface area contributed by atoms with Gasteiger partial charge in [-0.25, -0.2) is 9.37 Å². The number of nitrogens with one attached hydrogen (secondary N) is 1. The molecule has 32 heavy (non-hydrogen) atoms. The second-order valence-electron chi connectivity index (χ2n) is 8.02. The van der Waals surface area contributed by atoms with Crippen molar-refractivity contribution >= 4 is 16.7 Å². The number of pyridine rings is 1. The fourth-order valence-electron chi connectivity index (χ4n) is 4.27. The quantitative estimate of drug-likeness (QED) is 0.474. The average molecular weight is 427 g/mol. The Morgan fingerprint density at radius 2 is 1.84 bits per heavy atom. The van der Waals surface area contributed by atoms with Crippen LogP contribution in [0, 0.1) is 5.82 Å². The van der Waals surface area contributed by atoms with E-state index in [4.69, 9.17) is 10.5 Å². The van der Waals surface area contributed by atoms with E-state index in [9.17, 15) is 9.18 Å². The first-order valence-corrected chi connectivity index (χ1v) is 10.5. The summed E-state index contributed by atoms with van der Waals surface area (Å²) >= 11 is 0. The van der Waals surface area contributed by atoms with Crippen LogP contribution >= 0.6 is 0 Å². The Balaban J connectivity index is 1.33. The van der Waals surface area contributed by atoms with Crippen molar-refractivity contribution in [2.75, 3.05) is 0 Å². The summed E-state index contributed by atoms with van der Waals surface area (Å²) in [5.41, 5.74) is 9.07. The number of benzene rings is 3. The number of primary amides is 1. The lowest BCUT2D eigenvalue weighted by Gasteiger charge is -2.15. The van der Waals surface area contributed by atoms with E-state index in [1.807, 2.05) is 30.3 Å². The van der Waals surface area contributed by atoms with Gasteiger partial charge in [-0.1, -0.05) is 36.4 Å². The van der Waals surface area contributed by atoms with E-state index < -0.39 is 5.91 Å². The molecule has 3 N–H and O–H groups in total. The van der Waals surface area contributed by atoms with Crippen molar-refractivity contribution in [3.05, 3.63) is 101 Å². The molecule has 5 rings (SSSR count). The molecule has 3 aromatic carbocycles. The Hall–Kier alpha value is -3.77. The van der Waals surface area contributed by atoms with E-state index in [1.54, 1.807) is 18.2 Å². The zero-order chi connectivity index (χ0) is 22.1. The Labute approximate surface area is 185 Å². The topological polar surface area (TPSA) is 77.2 Å². The molecule has 0 saturated heterocycles. The van der Waals surface area contributed by atoms with Gasteiger partial charge >= 0.3 is 0 Å². The molecule has 1 aliphatic rings. The average Bonchev–Trinajstić information content (AvgIpc) is 3.20. The Morgan fingerprint density at radius 3 is 2.66 bits per heavy atom. The Morgan fingerprint density at radius 1 is 1.03 bits per heavy atom. The molecule has 1 heterocycles. The van der Waals surface area contributed by atoms with Crippen molar-refractivity contribution in [2.24, 2.45) is 5.73 Å². The molecule has 0 aliphatic heterocycles. The van der Waals surface area contributed by atoms with Crippen molar-refractivity contribution in [3.8, 4) is 11.6 Å². The number of hydrogen-bond donors (Lipinski definition) is 2. The predicted octanol–water partition coefficient (Wildman–Crippen LogP) is 4.52. The maximum Gasteiger partial charge on any atom is 0.250 e. The summed E-state index contributed by atoms with van der Waals surface area (Å²) in [6.45, 7) is 0.702.